The van der Waals surface area contributed by atoms with Crippen LogP contribution in [0.25, 0.3) is 0 Å². The van der Waals surface area contributed by atoms with Crippen LogP contribution >= 0.6 is 0 Å². The topological polar surface area (TPSA) is 121 Å². The molecule has 116 valence electrons. The monoisotopic (exact) mass is 293 g/mol. The quantitative estimate of drug-likeness (QED) is 0.435. The smallest absolute Gasteiger partial charge is 0.328 e. The molecule has 0 aromatic heterocycles. The maximum atomic E-state index is 12.2. The molecule has 21 heavy (non-hydrogen) atoms. The van der Waals surface area contributed by atoms with Gasteiger partial charge in [-0.1, -0.05) is 19.1 Å². The Kier molecular flexibility index (Phi) is 3.24. The molecule has 3 aliphatic rings. The second-order valence-corrected chi connectivity index (χ2v) is 6.81. The minimum absolute atomic E-state index is 0.00705. The highest BCUT2D eigenvalue weighted by molar-refractivity contribution is 5.86. The third-order valence-corrected chi connectivity index (χ3v) is 5.74. The molecular formula is C15H23N3O3. The lowest BCUT2D eigenvalue weighted by atomic mass is 9.73. The number of nitrogens with two attached hydrogens (primary N) is 3. The first kappa shape index (κ1) is 14.7. The molecule has 6 heteroatoms. The Morgan fingerprint density at radius 2 is 2.05 bits per heavy atom. The lowest BCUT2D eigenvalue weighted by molar-refractivity contribution is -0.147. The van der Waals surface area contributed by atoms with Crippen molar-refractivity contribution in [2.45, 2.75) is 37.5 Å². The van der Waals surface area contributed by atoms with E-state index < -0.39 is 17.6 Å². The first-order valence-electron chi connectivity index (χ1n) is 7.47. The zero-order valence-corrected chi connectivity index (χ0v) is 12.2. The van der Waals surface area contributed by atoms with E-state index in [0.29, 0.717) is 12.8 Å². The number of esters is 1. The van der Waals surface area contributed by atoms with E-state index in [2.05, 4.69) is 6.58 Å². The average molecular weight is 293 g/mol. The first-order valence-corrected chi connectivity index (χ1v) is 7.47. The van der Waals surface area contributed by atoms with Crippen LogP contribution in [0.3, 0.4) is 0 Å². The Labute approximate surface area is 124 Å². The van der Waals surface area contributed by atoms with Crippen LogP contribution < -0.4 is 17.2 Å². The van der Waals surface area contributed by atoms with E-state index >= 15 is 0 Å². The van der Waals surface area contributed by atoms with Gasteiger partial charge in [-0.15, -0.1) is 0 Å². The zero-order chi connectivity index (χ0) is 15.5. The molecule has 0 aromatic carbocycles. The minimum Gasteiger partial charge on any atom is -0.460 e. The summed E-state index contributed by atoms with van der Waals surface area (Å²) < 4.78 is 5.59. The van der Waals surface area contributed by atoms with Crippen LogP contribution in [0.2, 0.25) is 0 Å². The number of ketones is 1. The fourth-order valence-electron chi connectivity index (χ4n) is 4.51. The van der Waals surface area contributed by atoms with Crippen molar-refractivity contribution in [3.05, 3.63) is 12.2 Å². The predicted molar refractivity (Wildman–Crippen MR) is 76.8 cm³/mol. The van der Waals surface area contributed by atoms with Gasteiger partial charge in [0, 0.05) is 36.8 Å². The van der Waals surface area contributed by atoms with Crippen LogP contribution in [0.15, 0.2) is 12.2 Å². The summed E-state index contributed by atoms with van der Waals surface area (Å²) in [4.78, 5) is 24.3. The van der Waals surface area contributed by atoms with Gasteiger partial charge in [0.1, 0.15) is 17.4 Å². The summed E-state index contributed by atoms with van der Waals surface area (Å²) in [7, 11) is 0. The van der Waals surface area contributed by atoms with E-state index in [1.807, 2.05) is 6.92 Å². The second kappa shape index (κ2) is 4.63. The van der Waals surface area contributed by atoms with Gasteiger partial charge in [0.05, 0.1) is 0 Å². The first-order chi connectivity index (χ1) is 9.81. The van der Waals surface area contributed by atoms with Gasteiger partial charge < -0.3 is 21.9 Å². The molecular weight excluding hydrogens is 270 g/mol. The van der Waals surface area contributed by atoms with Crippen LogP contribution in [0.5, 0.6) is 0 Å². The number of rotatable bonds is 1. The van der Waals surface area contributed by atoms with E-state index in [0.717, 1.165) is 5.57 Å². The van der Waals surface area contributed by atoms with Crippen LogP contribution in [0, 0.1) is 23.7 Å². The van der Waals surface area contributed by atoms with Gasteiger partial charge in [-0.3, -0.25) is 4.79 Å². The van der Waals surface area contributed by atoms with Gasteiger partial charge in [0.2, 0.25) is 0 Å². The Bertz CT molecular complexity index is 520. The van der Waals surface area contributed by atoms with Gasteiger partial charge >= 0.3 is 5.97 Å². The fraction of sp³-hybridized carbons (Fsp3) is 0.733. The second-order valence-electron chi connectivity index (χ2n) is 6.81. The maximum absolute atomic E-state index is 12.2. The van der Waals surface area contributed by atoms with Crippen molar-refractivity contribution in [3.63, 3.8) is 0 Å². The molecule has 7 unspecified atom stereocenters. The van der Waals surface area contributed by atoms with Gasteiger partial charge in [-0.05, 0) is 12.3 Å². The number of ether oxygens (including phenoxy) is 1. The normalized spacial score (nSPS) is 49.6. The molecule has 1 saturated heterocycles. The average Bonchev–Trinajstić information content (AvgIpc) is 2.82. The highest BCUT2D eigenvalue weighted by Crippen LogP contribution is 2.51. The van der Waals surface area contributed by atoms with E-state index in [1.54, 1.807) is 0 Å². The Morgan fingerprint density at radius 3 is 2.67 bits per heavy atom. The molecule has 0 aromatic rings. The van der Waals surface area contributed by atoms with E-state index in [4.69, 9.17) is 21.9 Å². The number of carbonyl (C=O) groups is 2. The molecule has 6 nitrogen and oxygen atoms in total. The third kappa shape index (κ3) is 1.82. The highest BCUT2D eigenvalue weighted by Gasteiger charge is 2.63. The van der Waals surface area contributed by atoms with Crippen molar-refractivity contribution in [1.82, 2.24) is 0 Å². The largest absolute Gasteiger partial charge is 0.460 e. The highest BCUT2D eigenvalue weighted by atomic mass is 16.6. The summed E-state index contributed by atoms with van der Waals surface area (Å²) >= 11 is 0. The van der Waals surface area contributed by atoms with Crippen molar-refractivity contribution in [2.75, 3.05) is 6.54 Å². The lowest BCUT2D eigenvalue weighted by Gasteiger charge is -2.33. The van der Waals surface area contributed by atoms with Crippen molar-refractivity contribution in [3.8, 4) is 0 Å². The van der Waals surface area contributed by atoms with Gasteiger partial charge in [-0.25, -0.2) is 4.79 Å². The minimum atomic E-state index is -1.26. The molecule has 2 saturated carbocycles. The molecule has 0 bridgehead atoms. The number of hydrogen-bond acceptors (Lipinski definition) is 6. The Hall–Kier alpha value is -1.24. The number of hydrogen-bond donors (Lipinski definition) is 3. The van der Waals surface area contributed by atoms with Crippen LogP contribution in [-0.2, 0) is 14.3 Å². The summed E-state index contributed by atoms with van der Waals surface area (Å²) in [5.74, 6) is -0.884. The molecule has 7 atom stereocenters. The number of fused-ring (bicyclic) bond motifs is 3. The summed E-state index contributed by atoms with van der Waals surface area (Å²) in [6, 6.07) is -0.324. The van der Waals surface area contributed by atoms with E-state index in [-0.39, 0.29) is 42.0 Å². The summed E-state index contributed by atoms with van der Waals surface area (Å²) in [6.07, 6.45) is 0.572. The van der Waals surface area contributed by atoms with Crippen molar-refractivity contribution < 1.29 is 14.3 Å². The molecule has 1 aliphatic heterocycles. The molecule has 6 N–H and O–H groups in total. The lowest BCUT2D eigenvalue weighted by Crippen LogP contribution is -2.61. The molecule has 1 heterocycles. The van der Waals surface area contributed by atoms with E-state index in [1.165, 1.54) is 0 Å². The zero-order valence-electron chi connectivity index (χ0n) is 12.2. The van der Waals surface area contributed by atoms with Crippen molar-refractivity contribution in [2.24, 2.45) is 40.9 Å². The summed E-state index contributed by atoms with van der Waals surface area (Å²) in [5, 5.41) is 0. The molecule has 0 spiro atoms. The maximum Gasteiger partial charge on any atom is 0.328 e. The molecule has 3 fully saturated rings. The molecule has 0 amide bonds. The van der Waals surface area contributed by atoms with Crippen molar-refractivity contribution >= 4 is 11.8 Å². The van der Waals surface area contributed by atoms with Crippen LogP contribution in [0.4, 0.5) is 0 Å². The molecule has 3 rings (SSSR count). The van der Waals surface area contributed by atoms with E-state index in [9.17, 15) is 9.59 Å². The summed E-state index contributed by atoms with van der Waals surface area (Å²) in [6.45, 7) is 5.99. The van der Waals surface area contributed by atoms with Gasteiger partial charge in [-0.2, -0.15) is 0 Å². The Balaban J connectivity index is 2.07. The van der Waals surface area contributed by atoms with Gasteiger partial charge in [0.25, 0.3) is 0 Å². The SMILES string of the molecule is C=C1CC(N)C2C(OC(=O)C2(N)CN)C2C(C)C(=O)CC12. The fourth-order valence-corrected chi connectivity index (χ4v) is 4.51. The predicted octanol–water partition coefficient (Wildman–Crippen LogP) is -0.687. The molecule has 2 aliphatic carbocycles. The van der Waals surface area contributed by atoms with Crippen LogP contribution in [-0.4, -0.2) is 36.0 Å². The van der Waals surface area contributed by atoms with Crippen molar-refractivity contribution in [1.29, 1.82) is 0 Å². The Morgan fingerprint density at radius 1 is 1.38 bits per heavy atom. The number of carbonyl (C=O) groups excluding carboxylic acids is 2. The summed E-state index contributed by atoms with van der Waals surface area (Å²) in [5.41, 5.74) is 18.0. The standard InChI is InChI=1S/C15H23N3O3/c1-6-3-9(17)12-13(21-14(20)15(12,18)5-16)11-7(2)10(19)4-8(6)11/h7-9,11-13H,1,3-5,16-18H2,2H3. The number of Topliss-reactive ketones (excluding diaryl/α,β-unsaturated/α-hetero) is 1. The third-order valence-electron chi connectivity index (χ3n) is 5.74. The van der Waals surface area contributed by atoms with Crippen LogP contribution in [0.1, 0.15) is 19.8 Å². The molecule has 0 radical (unpaired) electrons. The van der Waals surface area contributed by atoms with Gasteiger partial charge in [0.15, 0.2) is 0 Å².